The van der Waals surface area contributed by atoms with Crippen LogP contribution in [0.25, 0.3) is 11.5 Å². The number of hydrogen-bond acceptors (Lipinski definition) is 6. The van der Waals surface area contributed by atoms with Crippen molar-refractivity contribution in [3.05, 3.63) is 16.8 Å². The zero-order chi connectivity index (χ0) is 12.5. The van der Waals surface area contributed by atoms with Crippen molar-refractivity contribution in [2.24, 2.45) is 5.92 Å². The maximum absolute atomic E-state index is 5.92. The lowest BCUT2D eigenvalue weighted by molar-refractivity contribution is 0.185. The first kappa shape index (κ1) is 11.7. The Morgan fingerprint density at radius 1 is 1.56 bits per heavy atom. The molecule has 1 aliphatic heterocycles. The Morgan fingerprint density at radius 2 is 2.44 bits per heavy atom. The molecule has 2 aromatic rings. The lowest BCUT2D eigenvalue weighted by Gasteiger charge is -2.00. The van der Waals surface area contributed by atoms with Crippen LogP contribution in [0.1, 0.15) is 17.1 Å². The molecule has 1 saturated heterocycles. The molecule has 0 spiro atoms. The molecule has 0 aromatic carbocycles. The highest BCUT2D eigenvalue weighted by Gasteiger charge is 2.20. The number of rotatable bonds is 3. The Kier molecular flexibility index (Phi) is 3.05. The predicted octanol–water partition coefficient (Wildman–Crippen LogP) is 2.27. The van der Waals surface area contributed by atoms with Gasteiger partial charge in [-0.1, -0.05) is 5.16 Å². The fourth-order valence-corrected chi connectivity index (χ4v) is 2.93. The topological polar surface area (TPSA) is 74.2 Å². The van der Waals surface area contributed by atoms with Gasteiger partial charge in [0.25, 0.3) is 5.89 Å². The lowest BCUT2D eigenvalue weighted by atomic mass is 10.1. The van der Waals surface area contributed by atoms with Gasteiger partial charge in [-0.05, 0) is 25.3 Å². The molecule has 3 rings (SSSR count). The fourth-order valence-electron chi connectivity index (χ4n) is 2.15. The Labute approximate surface area is 109 Å². The predicted molar refractivity (Wildman–Crippen MR) is 69.4 cm³/mol. The second-order valence-electron chi connectivity index (χ2n) is 4.58. The van der Waals surface area contributed by atoms with Crippen molar-refractivity contribution in [2.45, 2.75) is 19.8 Å². The van der Waals surface area contributed by atoms with E-state index >= 15 is 0 Å². The Hall–Kier alpha value is -1.40. The minimum atomic E-state index is 0.511. The van der Waals surface area contributed by atoms with E-state index in [0.29, 0.717) is 11.8 Å². The molecule has 0 amide bonds. The molecule has 5 nitrogen and oxygen atoms in total. The minimum absolute atomic E-state index is 0.511. The fraction of sp³-hybridized carbons (Fsp3) is 0.500. The molecule has 1 unspecified atom stereocenters. The van der Waals surface area contributed by atoms with Crippen molar-refractivity contribution in [2.75, 3.05) is 18.9 Å². The first-order valence-electron chi connectivity index (χ1n) is 5.99. The highest BCUT2D eigenvalue weighted by atomic mass is 32.1. The summed E-state index contributed by atoms with van der Waals surface area (Å²) < 4.78 is 10.6. The molecule has 0 radical (unpaired) electrons. The van der Waals surface area contributed by atoms with E-state index in [0.717, 1.165) is 47.3 Å². The van der Waals surface area contributed by atoms with Gasteiger partial charge in [-0.25, -0.2) is 0 Å². The van der Waals surface area contributed by atoms with E-state index in [1.807, 2.05) is 13.0 Å². The summed E-state index contributed by atoms with van der Waals surface area (Å²) in [4.78, 5) is 5.56. The van der Waals surface area contributed by atoms with Gasteiger partial charge in [0.15, 0.2) is 5.82 Å². The Balaban J connectivity index is 1.78. The molecule has 1 aliphatic rings. The van der Waals surface area contributed by atoms with E-state index in [9.17, 15) is 0 Å². The third-order valence-corrected chi connectivity index (χ3v) is 3.96. The zero-order valence-corrected chi connectivity index (χ0v) is 11.0. The Morgan fingerprint density at radius 3 is 3.11 bits per heavy atom. The van der Waals surface area contributed by atoms with Crippen LogP contribution in [0.15, 0.2) is 10.6 Å². The SMILES string of the molecule is Cc1cc(-c2nc(CC3CCOC3)no2)c(N)s1. The number of hydrogen-bond donors (Lipinski definition) is 1. The van der Waals surface area contributed by atoms with Gasteiger partial charge < -0.3 is 15.0 Å². The normalized spacial score (nSPS) is 19.5. The van der Waals surface area contributed by atoms with E-state index in [1.165, 1.54) is 11.3 Å². The number of anilines is 1. The van der Waals surface area contributed by atoms with Crippen LogP contribution in [0.5, 0.6) is 0 Å². The van der Waals surface area contributed by atoms with E-state index < -0.39 is 0 Å². The van der Waals surface area contributed by atoms with E-state index in [2.05, 4.69) is 10.1 Å². The lowest BCUT2D eigenvalue weighted by Crippen LogP contribution is -2.04. The Bertz CT molecular complexity index is 543. The molecule has 0 aliphatic carbocycles. The van der Waals surface area contributed by atoms with Crippen LogP contribution in [-0.2, 0) is 11.2 Å². The first-order chi connectivity index (χ1) is 8.72. The van der Waals surface area contributed by atoms with Crippen molar-refractivity contribution in [1.29, 1.82) is 0 Å². The third kappa shape index (κ3) is 2.26. The molecule has 0 bridgehead atoms. The van der Waals surface area contributed by atoms with Crippen molar-refractivity contribution in [3.8, 4) is 11.5 Å². The van der Waals surface area contributed by atoms with Gasteiger partial charge in [0.1, 0.15) is 0 Å². The second kappa shape index (κ2) is 4.70. The van der Waals surface area contributed by atoms with Crippen LogP contribution in [0.3, 0.4) is 0 Å². The van der Waals surface area contributed by atoms with Crippen LogP contribution in [0.4, 0.5) is 5.00 Å². The monoisotopic (exact) mass is 265 g/mol. The molecule has 96 valence electrons. The maximum atomic E-state index is 5.92. The quantitative estimate of drug-likeness (QED) is 0.921. The molecular formula is C12H15N3O2S. The number of aryl methyl sites for hydroxylation is 1. The highest BCUT2D eigenvalue weighted by Crippen LogP contribution is 2.32. The average Bonchev–Trinajstić information content (AvgIpc) is 3.01. The van der Waals surface area contributed by atoms with Gasteiger partial charge in [0, 0.05) is 24.5 Å². The molecule has 3 heterocycles. The number of nitrogen functional groups attached to an aromatic ring is 1. The number of nitrogens with zero attached hydrogens (tertiary/aromatic N) is 2. The second-order valence-corrected chi connectivity index (χ2v) is 5.87. The van der Waals surface area contributed by atoms with Crippen molar-refractivity contribution in [1.82, 2.24) is 10.1 Å². The molecule has 1 fully saturated rings. The number of ether oxygens (including phenoxy) is 1. The number of thiophene rings is 1. The van der Waals surface area contributed by atoms with Gasteiger partial charge in [-0.15, -0.1) is 11.3 Å². The molecule has 2 N–H and O–H groups in total. The molecule has 0 saturated carbocycles. The van der Waals surface area contributed by atoms with E-state index in [-0.39, 0.29) is 0 Å². The summed E-state index contributed by atoms with van der Waals surface area (Å²) in [6.45, 7) is 3.65. The number of nitrogens with two attached hydrogens (primary N) is 1. The molecular weight excluding hydrogens is 250 g/mol. The van der Waals surface area contributed by atoms with Gasteiger partial charge in [0.2, 0.25) is 0 Å². The van der Waals surface area contributed by atoms with Gasteiger partial charge in [0.05, 0.1) is 10.6 Å². The summed E-state index contributed by atoms with van der Waals surface area (Å²) in [7, 11) is 0. The van der Waals surface area contributed by atoms with Crippen molar-refractivity contribution in [3.63, 3.8) is 0 Å². The van der Waals surface area contributed by atoms with Crippen LogP contribution in [0.2, 0.25) is 0 Å². The largest absolute Gasteiger partial charge is 0.390 e. The number of aromatic nitrogens is 2. The average molecular weight is 265 g/mol. The summed E-state index contributed by atoms with van der Waals surface area (Å²) in [5, 5.41) is 4.74. The summed E-state index contributed by atoms with van der Waals surface area (Å²) >= 11 is 1.54. The molecule has 2 aromatic heterocycles. The molecule has 6 heteroatoms. The summed E-state index contributed by atoms with van der Waals surface area (Å²) in [5.41, 5.74) is 6.76. The van der Waals surface area contributed by atoms with E-state index in [1.54, 1.807) is 0 Å². The van der Waals surface area contributed by atoms with Crippen LogP contribution >= 0.6 is 11.3 Å². The van der Waals surface area contributed by atoms with Crippen LogP contribution in [-0.4, -0.2) is 23.4 Å². The zero-order valence-electron chi connectivity index (χ0n) is 10.2. The van der Waals surface area contributed by atoms with Gasteiger partial charge in [-0.2, -0.15) is 4.98 Å². The smallest absolute Gasteiger partial charge is 0.260 e. The summed E-state index contributed by atoms with van der Waals surface area (Å²) in [6, 6.07) is 1.98. The van der Waals surface area contributed by atoms with Gasteiger partial charge >= 0.3 is 0 Å². The van der Waals surface area contributed by atoms with Crippen molar-refractivity contribution < 1.29 is 9.26 Å². The third-order valence-electron chi connectivity index (χ3n) is 3.08. The summed E-state index contributed by atoms with van der Waals surface area (Å²) in [6.07, 6.45) is 1.89. The maximum Gasteiger partial charge on any atom is 0.260 e. The first-order valence-corrected chi connectivity index (χ1v) is 6.80. The molecule has 18 heavy (non-hydrogen) atoms. The summed E-state index contributed by atoms with van der Waals surface area (Å²) in [5.74, 6) is 1.77. The molecule has 1 atom stereocenters. The van der Waals surface area contributed by atoms with Crippen molar-refractivity contribution >= 4 is 16.3 Å². The van der Waals surface area contributed by atoms with Gasteiger partial charge in [-0.3, -0.25) is 0 Å². The van der Waals surface area contributed by atoms with E-state index in [4.69, 9.17) is 15.0 Å². The van der Waals surface area contributed by atoms with Crippen LogP contribution in [0, 0.1) is 12.8 Å². The standard InChI is InChI=1S/C12H15N3O2S/c1-7-4-9(11(13)18-7)12-14-10(15-17-12)5-8-2-3-16-6-8/h4,8H,2-3,5-6,13H2,1H3. The highest BCUT2D eigenvalue weighted by molar-refractivity contribution is 7.16. The van der Waals surface area contributed by atoms with Crippen LogP contribution < -0.4 is 5.73 Å². The minimum Gasteiger partial charge on any atom is -0.390 e.